The predicted octanol–water partition coefficient (Wildman–Crippen LogP) is 0.407. The number of rotatable bonds is 7. The highest BCUT2D eigenvalue weighted by Gasteiger charge is 2.19. The highest BCUT2D eigenvalue weighted by molar-refractivity contribution is 5.71. The van der Waals surface area contributed by atoms with Crippen molar-refractivity contribution in [3.05, 3.63) is 75.2 Å². The van der Waals surface area contributed by atoms with E-state index in [0.29, 0.717) is 18.0 Å². The van der Waals surface area contributed by atoms with Crippen LogP contribution in [0.3, 0.4) is 0 Å². The molecule has 0 aliphatic carbocycles. The van der Waals surface area contributed by atoms with Gasteiger partial charge in [0.15, 0.2) is 17.0 Å². The van der Waals surface area contributed by atoms with Gasteiger partial charge in [0.25, 0.3) is 5.56 Å². The van der Waals surface area contributed by atoms with Crippen LogP contribution in [0.25, 0.3) is 22.6 Å². The second-order valence-corrected chi connectivity index (χ2v) is 8.62. The number of likely N-dealkylation sites (tertiary alicyclic amines) is 1. The molecule has 1 saturated heterocycles. The van der Waals surface area contributed by atoms with Crippen LogP contribution in [0.1, 0.15) is 12.0 Å². The molecule has 1 atom stereocenters. The summed E-state index contributed by atoms with van der Waals surface area (Å²) in [5.41, 5.74) is 6.61. The van der Waals surface area contributed by atoms with Crippen LogP contribution in [-0.4, -0.2) is 66.5 Å². The zero-order valence-electron chi connectivity index (χ0n) is 19.4. The second kappa shape index (κ2) is 9.72. The first kappa shape index (κ1) is 22.8. The largest absolute Gasteiger partial charge is 0.492 e. The van der Waals surface area contributed by atoms with Gasteiger partial charge in [0.2, 0.25) is 0 Å². The van der Waals surface area contributed by atoms with Crippen molar-refractivity contribution < 1.29 is 4.74 Å². The molecule has 180 valence electrons. The summed E-state index contributed by atoms with van der Waals surface area (Å²) < 4.78 is 8.25. The summed E-state index contributed by atoms with van der Waals surface area (Å²) in [7, 11) is 1.42. The Hall–Kier alpha value is -3.96. The Morgan fingerprint density at radius 3 is 2.69 bits per heavy atom. The number of fused-ring (bicyclic) bond motifs is 1. The van der Waals surface area contributed by atoms with Crippen LogP contribution < -0.4 is 21.7 Å². The Morgan fingerprint density at radius 1 is 1.14 bits per heavy atom. The molecule has 1 aliphatic heterocycles. The van der Waals surface area contributed by atoms with Crippen LogP contribution in [0.2, 0.25) is 0 Å². The molecule has 0 amide bonds. The lowest BCUT2D eigenvalue weighted by Gasteiger charge is -2.15. The fourth-order valence-electron chi connectivity index (χ4n) is 4.16. The first-order valence-corrected chi connectivity index (χ1v) is 11.4. The monoisotopic (exact) mass is 474 g/mol. The van der Waals surface area contributed by atoms with Gasteiger partial charge in [-0.1, -0.05) is 6.07 Å². The van der Waals surface area contributed by atoms with Gasteiger partial charge < -0.3 is 10.5 Å². The summed E-state index contributed by atoms with van der Waals surface area (Å²) in [5.74, 6) is 1.02. The van der Waals surface area contributed by atoms with Gasteiger partial charge in [-0.25, -0.2) is 9.78 Å². The lowest BCUT2D eigenvalue weighted by molar-refractivity contribution is 0.236. The molecule has 1 aromatic carbocycles. The number of pyridine rings is 1. The van der Waals surface area contributed by atoms with Gasteiger partial charge in [-0.05, 0) is 48.9 Å². The Labute approximate surface area is 200 Å². The van der Waals surface area contributed by atoms with E-state index in [9.17, 15) is 9.59 Å². The van der Waals surface area contributed by atoms with Crippen molar-refractivity contribution in [3.63, 3.8) is 0 Å². The molecular formula is C24H26N8O3. The Morgan fingerprint density at radius 2 is 1.97 bits per heavy atom. The van der Waals surface area contributed by atoms with E-state index in [-0.39, 0.29) is 23.8 Å². The Balaban J connectivity index is 1.38. The zero-order valence-corrected chi connectivity index (χ0v) is 19.4. The van der Waals surface area contributed by atoms with Crippen molar-refractivity contribution in [2.45, 2.75) is 19.0 Å². The van der Waals surface area contributed by atoms with E-state index < -0.39 is 11.2 Å². The van der Waals surface area contributed by atoms with E-state index >= 15 is 0 Å². The molecule has 5 rings (SSSR count). The quantitative estimate of drug-likeness (QED) is 0.404. The summed E-state index contributed by atoms with van der Waals surface area (Å²) in [6.45, 7) is 3.51. The summed E-state index contributed by atoms with van der Waals surface area (Å²) in [6, 6.07) is 11.2. The molecule has 4 heterocycles. The molecule has 11 heteroatoms. The van der Waals surface area contributed by atoms with Gasteiger partial charge in [0, 0.05) is 44.1 Å². The third-order valence-corrected chi connectivity index (χ3v) is 6.11. The van der Waals surface area contributed by atoms with E-state index in [1.807, 2.05) is 30.3 Å². The fourth-order valence-corrected chi connectivity index (χ4v) is 4.16. The number of hydrogen-bond donors (Lipinski definition) is 1. The third kappa shape index (κ3) is 4.81. The minimum atomic E-state index is -0.523. The molecule has 11 nitrogen and oxygen atoms in total. The van der Waals surface area contributed by atoms with Crippen LogP contribution >= 0.6 is 0 Å². The first-order chi connectivity index (χ1) is 17.0. The molecule has 0 spiro atoms. The standard InChI is InChI=1S/C24H26N8O3/c1-30-23(33)20-22(32(24(30)34)14-16-3-2-9-26-13-16)29-28-21(27-20)17-4-6-19(7-5-17)35-12-11-31-10-8-18(25)15-31/h2-7,9,13,18H,8,10-12,14-15,25H2,1H3. The average molecular weight is 475 g/mol. The SMILES string of the molecule is Cn1c(=O)c2nc(-c3ccc(OCCN4CCC(N)C4)cc3)nnc2n(Cc2cccnc2)c1=O. The number of benzene rings is 1. The molecule has 1 aliphatic rings. The van der Waals surface area contributed by atoms with Crippen molar-refractivity contribution in [2.24, 2.45) is 12.8 Å². The lowest BCUT2D eigenvalue weighted by atomic mass is 10.2. The Kier molecular flexibility index (Phi) is 6.34. The van der Waals surface area contributed by atoms with Gasteiger partial charge in [-0.2, -0.15) is 0 Å². The molecule has 4 aromatic rings. The van der Waals surface area contributed by atoms with Crippen molar-refractivity contribution in [1.82, 2.24) is 34.2 Å². The number of ether oxygens (including phenoxy) is 1. The van der Waals surface area contributed by atoms with E-state index in [1.165, 1.54) is 11.6 Å². The number of hydrogen-bond acceptors (Lipinski definition) is 9. The molecule has 0 saturated carbocycles. The van der Waals surface area contributed by atoms with Crippen molar-refractivity contribution in [1.29, 1.82) is 0 Å². The number of aromatic nitrogens is 6. The Bertz CT molecular complexity index is 1450. The zero-order chi connectivity index (χ0) is 24.4. The number of nitrogens with zero attached hydrogens (tertiary/aromatic N) is 7. The van der Waals surface area contributed by atoms with Crippen LogP contribution in [0.5, 0.6) is 5.75 Å². The topological polar surface area (TPSA) is 134 Å². The van der Waals surface area contributed by atoms with Gasteiger partial charge in [0.1, 0.15) is 12.4 Å². The molecule has 0 bridgehead atoms. The first-order valence-electron chi connectivity index (χ1n) is 11.4. The summed E-state index contributed by atoms with van der Waals surface area (Å²) in [4.78, 5) is 36.4. The van der Waals surface area contributed by atoms with Crippen molar-refractivity contribution in [3.8, 4) is 17.1 Å². The summed E-state index contributed by atoms with van der Waals surface area (Å²) >= 11 is 0. The average Bonchev–Trinajstić information content (AvgIpc) is 3.31. The highest BCUT2D eigenvalue weighted by atomic mass is 16.5. The normalized spacial score (nSPS) is 16.1. The summed E-state index contributed by atoms with van der Waals surface area (Å²) in [5, 5.41) is 8.41. The molecule has 1 fully saturated rings. The van der Waals surface area contributed by atoms with E-state index in [0.717, 1.165) is 41.9 Å². The van der Waals surface area contributed by atoms with E-state index in [4.69, 9.17) is 10.5 Å². The molecule has 2 N–H and O–H groups in total. The molecule has 3 aromatic heterocycles. The van der Waals surface area contributed by atoms with Gasteiger partial charge >= 0.3 is 5.69 Å². The van der Waals surface area contributed by atoms with Gasteiger partial charge in [-0.15, -0.1) is 10.2 Å². The van der Waals surface area contributed by atoms with Crippen LogP contribution in [0.15, 0.2) is 58.4 Å². The lowest BCUT2D eigenvalue weighted by Crippen LogP contribution is -2.39. The van der Waals surface area contributed by atoms with Crippen LogP contribution in [-0.2, 0) is 13.6 Å². The molecule has 35 heavy (non-hydrogen) atoms. The maximum absolute atomic E-state index is 12.8. The van der Waals surface area contributed by atoms with Crippen molar-refractivity contribution in [2.75, 3.05) is 26.2 Å². The minimum absolute atomic E-state index is 0.0742. The number of nitrogens with two attached hydrogens (primary N) is 1. The van der Waals surface area contributed by atoms with Gasteiger partial charge in [-0.3, -0.25) is 23.8 Å². The smallest absolute Gasteiger partial charge is 0.332 e. The highest BCUT2D eigenvalue weighted by Crippen LogP contribution is 2.20. The fraction of sp³-hybridized carbons (Fsp3) is 0.333. The molecule has 1 unspecified atom stereocenters. The third-order valence-electron chi connectivity index (χ3n) is 6.11. The second-order valence-electron chi connectivity index (χ2n) is 8.62. The molecule has 0 radical (unpaired) electrons. The summed E-state index contributed by atoms with van der Waals surface area (Å²) in [6.07, 6.45) is 4.33. The van der Waals surface area contributed by atoms with E-state index in [1.54, 1.807) is 18.5 Å². The van der Waals surface area contributed by atoms with Crippen LogP contribution in [0, 0.1) is 0 Å². The van der Waals surface area contributed by atoms with Crippen LogP contribution in [0.4, 0.5) is 0 Å². The van der Waals surface area contributed by atoms with Crippen molar-refractivity contribution >= 4 is 11.2 Å². The van der Waals surface area contributed by atoms with Gasteiger partial charge in [0.05, 0.1) is 6.54 Å². The predicted molar refractivity (Wildman–Crippen MR) is 130 cm³/mol. The minimum Gasteiger partial charge on any atom is -0.492 e. The molecular weight excluding hydrogens is 448 g/mol. The maximum atomic E-state index is 12.8. The maximum Gasteiger partial charge on any atom is 0.332 e. The van der Waals surface area contributed by atoms with E-state index in [2.05, 4.69) is 25.1 Å².